The molecule has 1 nitrogen and oxygen atoms in total. The molecule has 0 fully saturated rings. The van der Waals surface area contributed by atoms with Crippen molar-refractivity contribution in [2.45, 2.75) is 13.0 Å². The van der Waals surface area contributed by atoms with Gasteiger partial charge in [-0.2, -0.15) is 0 Å². The van der Waals surface area contributed by atoms with E-state index in [1.807, 2.05) is 0 Å². The van der Waals surface area contributed by atoms with Gasteiger partial charge in [-0.15, -0.1) is 0 Å². The van der Waals surface area contributed by atoms with Crippen LogP contribution in [0.1, 0.15) is 11.1 Å². The minimum Gasteiger partial charge on any atom is -0.349 e. The molecule has 1 aromatic rings. The number of fused-ring (bicyclic) bond motifs is 1. The van der Waals surface area contributed by atoms with Crippen molar-refractivity contribution in [2.24, 2.45) is 0 Å². The summed E-state index contributed by atoms with van der Waals surface area (Å²) in [4.78, 5) is 2.49. The van der Waals surface area contributed by atoms with Crippen molar-refractivity contribution in [3.05, 3.63) is 35.4 Å². The van der Waals surface area contributed by atoms with Gasteiger partial charge < -0.3 is 4.81 Å². The third-order valence-electron chi connectivity index (χ3n) is 2.66. The molecule has 0 aromatic heterocycles. The molecule has 1 aliphatic heterocycles. The normalized spacial score (nSPS) is 17.0. The molecule has 0 saturated heterocycles. The van der Waals surface area contributed by atoms with Crippen LogP contribution >= 0.6 is 0 Å². The topological polar surface area (TPSA) is 3.24 Å². The zero-order valence-corrected chi connectivity index (χ0v) is 7.59. The quantitative estimate of drug-likeness (QED) is 0.516. The third kappa shape index (κ3) is 1.42. The Morgan fingerprint density at radius 2 is 2.00 bits per heavy atom. The molecule has 0 N–H and O–H groups in total. The van der Waals surface area contributed by atoms with Gasteiger partial charge in [0.1, 0.15) is 0 Å². The van der Waals surface area contributed by atoms with E-state index in [0.717, 1.165) is 6.54 Å². The Hall–Kier alpha value is -0.690. The van der Waals surface area contributed by atoms with E-state index >= 15 is 0 Å². The summed E-state index contributed by atoms with van der Waals surface area (Å²) < 4.78 is 0. The number of nitrogens with zero attached hydrogens (tertiary/aromatic N) is 1. The lowest BCUT2D eigenvalue weighted by Gasteiger charge is -2.27. The van der Waals surface area contributed by atoms with Crippen LogP contribution in [0.2, 0.25) is 0 Å². The Bertz CT molecular complexity index is 275. The number of rotatable bonds is 1. The van der Waals surface area contributed by atoms with Crippen LogP contribution in [0.25, 0.3) is 0 Å². The highest BCUT2D eigenvalue weighted by Gasteiger charge is 2.13. The van der Waals surface area contributed by atoms with Crippen molar-refractivity contribution in [1.82, 2.24) is 4.81 Å². The molecule has 1 heterocycles. The molecule has 0 atom stereocenters. The monoisotopic (exact) mass is 157 g/mol. The second-order valence-electron chi connectivity index (χ2n) is 3.39. The van der Waals surface area contributed by atoms with E-state index in [-0.39, 0.29) is 0 Å². The fourth-order valence-corrected chi connectivity index (χ4v) is 1.82. The van der Waals surface area contributed by atoms with E-state index in [4.69, 9.17) is 0 Å². The summed E-state index contributed by atoms with van der Waals surface area (Å²) in [6.07, 6.45) is 1.23. The molecule has 0 unspecified atom stereocenters. The minimum absolute atomic E-state index is 1.15. The van der Waals surface area contributed by atoms with Gasteiger partial charge in [0.05, 0.1) is 7.74 Å². The number of benzene rings is 1. The van der Waals surface area contributed by atoms with Gasteiger partial charge in [0.25, 0.3) is 0 Å². The maximum absolute atomic E-state index is 2.49. The summed E-state index contributed by atoms with van der Waals surface area (Å²) in [7, 11) is 3.41. The minimum atomic E-state index is 1.15. The first-order valence-corrected chi connectivity index (χ1v) is 4.69. The molecular formula is C9H13B2N. The molecule has 60 valence electrons. The van der Waals surface area contributed by atoms with Gasteiger partial charge in [0.2, 0.25) is 0 Å². The summed E-state index contributed by atoms with van der Waals surface area (Å²) >= 11 is 0. The second kappa shape index (κ2) is 3.36. The van der Waals surface area contributed by atoms with E-state index < -0.39 is 0 Å². The lowest BCUT2D eigenvalue weighted by Crippen LogP contribution is -2.33. The molecule has 0 radical (unpaired) electrons. The Morgan fingerprint density at radius 1 is 1.25 bits per heavy atom. The van der Waals surface area contributed by atoms with Crippen LogP contribution in [0.15, 0.2) is 24.3 Å². The van der Waals surface area contributed by atoms with Crippen molar-refractivity contribution < 1.29 is 0 Å². The van der Waals surface area contributed by atoms with Crippen molar-refractivity contribution >= 4 is 15.0 Å². The summed E-state index contributed by atoms with van der Waals surface area (Å²) in [5.41, 5.74) is 3.06. The smallest absolute Gasteiger partial charge is 0.161 e. The van der Waals surface area contributed by atoms with Crippen LogP contribution in [0.5, 0.6) is 0 Å². The van der Waals surface area contributed by atoms with Crippen molar-refractivity contribution in [2.75, 3.05) is 6.54 Å². The highest BCUT2D eigenvalue weighted by atomic mass is 15.0. The first-order valence-electron chi connectivity index (χ1n) is 4.69. The van der Waals surface area contributed by atoms with E-state index in [9.17, 15) is 0 Å². The van der Waals surface area contributed by atoms with Crippen LogP contribution in [0.3, 0.4) is 0 Å². The molecule has 0 amide bonds. The lowest BCUT2D eigenvalue weighted by atomic mass is 9.64. The van der Waals surface area contributed by atoms with Crippen molar-refractivity contribution in [3.63, 3.8) is 0 Å². The first-order chi connectivity index (χ1) is 5.90. The largest absolute Gasteiger partial charge is 0.349 e. The predicted molar refractivity (Wildman–Crippen MR) is 56.2 cm³/mol. The first kappa shape index (κ1) is 7.93. The molecule has 3 heteroatoms. The average Bonchev–Trinajstić information content (AvgIpc) is 2.17. The molecule has 2 rings (SSSR count). The lowest BCUT2D eigenvalue weighted by molar-refractivity contribution is 0.424. The van der Waals surface area contributed by atoms with Crippen LogP contribution in [-0.4, -0.2) is 26.4 Å². The molecular weight excluding hydrogens is 144 g/mol. The zero-order chi connectivity index (χ0) is 8.39. The van der Waals surface area contributed by atoms with Gasteiger partial charge in [0, 0.05) is 6.54 Å². The van der Waals surface area contributed by atoms with E-state index in [0.29, 0.717) is 0 Å². The fraction of sp³-hybridized carbons (Fsp3) is 0.333. The number of hydrogen-bond acceptors (Lipinski definition) is 1. The SMILES string of the molecule is BBN1CCc2ccccc2C1. The predicted octanol–water partition coefficient (Wildman–Crippen LogP) is -0.0557. The molecule has 0 aliphatic carbocycles. The maximum atomic E-state index is 2.49. The third-order valence-corrected chi connectivity index (χ3v) is 2.66. The molecule has 1 aromatic carbocycles. The zero-order valence-electron chi connectivity index (χ0n) is 7.59. The Labute approximate surface area is 75.4 Å². The summed E-state index contributed by atoms with van der Waals surface area (Å²) in [5, 5.41) is 0. The Balaban J connectivity index is 2.23. The summed E-state index contributed by atoms with van der Waals surface area (Å²) in [6.45, 7) is 2.38. The van der Waals surface area contributed by atoms with Crippen molar-refractivity contribution in [1.29, 1.82) is 0 Å². The summed E-state index contributed by atoms with van der Waals surface area (Å²) in [5.74, 6) is 0. The standard InChI is InChI=1S/C9H13B2N/c10-11-12-6-5-8-3-1-2-4-9(8)7-12/h1-4,11H,5-7,10H2. The van der Waals surface area contributed by atoms with Crippen LogP contribution in [0.4, 0.5) is 0 Å². The van der Waals surface area contributed by atoms with Crippen molar-refractivity contribution in [3.8, 4) is 0 Å². The maximum Gasteiger partial charge on any atom is 0.161 e. The average molecular weight is 157 g/mol. The van der Waals surface area contributed by atoms with Gasteiger partial charge >= 0.3 is 0 Å². The molecule has 0 bridgehead atoms. The highest BCUT2D eigenvalue weighted by Crippen LogP contribution is 2.16. The van der Waals surface area contributed by atoms with E-state index in [2.05, 4.69) is 36.8 Å². The van der Waals surface area contributed by atoms with Crippen LogP contribution < -0.4 is 0 Å². The fourth-order valence-electron chi connectivity index (χ4n) is 1.82. The van der Waals surface area contributed by atoms with Crippen LogP contribution in [-0.2, 0) is 13.0 Å². The van der Waals surface area contributed by atoms with Gasteiger partial charge in [-0.3, -0.25) is 0 Å². The van der Waals surface area contributed by atoms with E-state index in [1.54, 1.807) is 5.56 Å². The van der Waals surface area contributed by atoms with Gasteiger partial charge in [-0.25, -0.2) is 0 Å². The van der Waals surface area contributed by atoms with Gasteiger partial charge in [-0.1, -0.05) is 24.3 Å². The highest BCUT2D eigenvalue weighted by molar-refractivity contribution is 6.87. The molecule has 0 saturated carbocycles. The summed E-state index contributed by atoms with van der Waals surface area (Å²) in [6, 6.07) is 8.78. The van der Waals surface area contributed by atoms with Gasteiger partial charge in [0.15, 0.2) is 7.31 Å². The number of hydrogen-bond donors (Lipinski definition) is 0. The molecule has 1 aliphatic rings. The van der Waals surface area contributed by atoms with E-state index in [1.165, 1.54) is 25.8 Å². The molecule has 12 heavy (non-hydrogen) atoms. The second-order valence-corrected chi connectivity index (χ2v) is 3.39. The Morgan fingerprint density at radius 3 is 2.75 bits per heavy atom. The van der Waals surface area contributed by atoms with Crippen LogP contribution in [0, 0.1) is 0 Å². The van der Waals surface area contributed by atoms with Gasteiger partial charge in [-0.05, 0) is 24.1 Å². The Kier molecular flexibility index (Phi) is 2.22. The molecule has 0 spiro atoms.